The van der Waals surface area contributed by atoms with E-state index >= 15 is 0 Å². The highest BCUT2D eigenvalue weighted by Crippen LogP contribution is 2.11. The molecule has 0 unspecified atom stereocenters. The van der Waals surface area contributed by atoms with E-state index in [0.717, 1.165) is 18.9 Å². The fraction of sp³-hybridized carbons (Fsp3) is 0.636. The van der Waals surface area contributed by atoms with Crippen LogP contribution in [-0.2, 0) is 0 Å². The van der Waals surface area contributed by atoms with E-state index in [9.17, 15) is 0 Å². The van der Waals surface area contributed by atoms with Crippen LogP contribution in [0, 0.1) is 0 Å². The number of anilines is 1. The van der Waals surface area contributed by atoms with Crippen LogP contribution in [0.5, 0.6) is 5.88 Å². The molecule has 0 aliphatic rings. The summed E-state index contributed by atoms with van der Waals surface area (Å²) >= 11 is 0. The zero-order valence-corrected chi connectivity index (χ0v) is 10.4. The molecular formula is C11H20N4O. The molecule has 1 aromatic heterocycles. The average molecular weight is 224 g/mol. The maximum Gasteiger partial charge on any atom is 0.218 e. The SMILES string of the molecule is CC(C)Oc1cc(NCCN(C)C)ncn1. The number of likely N-dealkylation sites (N-methyl/N-ethyl adjacent to an activating group) is 1. The van der Waals surface area contributed by atoms with Crippen LogP contribution in [0.25, 0.3) is 0 Å². The highest BCUT2D eigenvalue weighted by atomic mass is 16.5. The largest absolute Gasteiger partial charge is 0.475 e. The van der Waals surface area contributed by atoms with Gasteiger partial charge in [-0.1, -0.05) is 0 Å². The molecule has 0 atom stereocenters. The van der Waals surface area contributed by atoms with Crippen molar-refractivity contribution in [3.8, 4) is 5.88 Å². The predicted octanol–water partition coefficient (Wildman–Crippen LogP) is 1.24. The molecule has 5 heteroatoms. The monoisotopic (exact) mass is 224 g/mol. The minimum absolute atomic E-state index is 0.129. The van der Waals surface area contributed by atoms with E-state index in [1.54, 1.807) is 0 Å². The second kappa shape index (κ2) is 6.27. The Morgan fingerprint density at radius 3 is 2.75 bits per heavy atom. The lowest BCUT2D eigenvalue weighted by molar-refractivity contribution is 0.232. The van der Waals surface area contributed by atoms with Gasteiger partial charge in [0.2, 0.25) is 5.88 Å². The summed E-state index contributed by atoms with van der Waals surface area (Å²) in [5, 5.41) is 3.22. The van der Waals surface area contributed by atoms with Crippen molar-refractivity contribution < 1.29 is 4.74 Å². The number of rotatable bonds is 6. The number of nitrogens with zero attached hydrogens (tertiary/aromatic N) is 3. The van der Waals surface area contributed by atoms with Gasteiger partial charge in [0.05, 0.1) is 6.10 Å². The molecule has 1 aromatic rings. The van der Waals surface area contributed by atoms with Crippen molar-refractivity contribution in [3.63, 3.8) is 0 Å². The van der Waals surface area contributed by atoms with Crippen LogP contribution in [0.2, 0.25) is 0 Å². The van der Waals surface area contributed by atoms with E-state index in [2.05, 4.69) is 20.2 Å². The van der Waals surface area contributed by atoms with Crippen molar-refractivity contribution in [2.45, 2.75) is 20.0 Å². The molecule has 0 fully saturated rings. The van der Waals surface area contributed by atoms with Gasteiger partial charge in [-0.05, 0) is 27.9 Å². The third-order valence-corrected chi connectivity index (χ3v) is 1.86. The maximum absolute atomic E-state index is 5.48. The van der Waals surface area contributed by atoms with Crippen molar-refractivity contribution in [1.82, 2.24) is 14.9 Å². The number of nitrogens with one attached hydrogen (secondary N) is 1. The molecule has 0 spiro atoms. The van der Waals surface area contributed by atoms with Gasteiger partial charge in [-0.25, -0.2) is 9.97 Å². The number of hydrogen-bond donors (Lipinski definition) is 1. The van der Waals surface area contributed by atoms with E-state index in [1.807, 2.05) is 34.0 Å². The fourth-order valence-corrected chi connectivity index (χ4v) is 1.15. The lowest BCUT2D eigenvalue weighted by atomic mass is 10.4. The van der Waals surface area contributed by atoms with Gasteiger partial charge >= 0.3 is 0 Å². The molecule has 0 amide bonds. The molecule has 1 rings (SSSR count). The highest BCUT2D eigenvalue weighted by Gasteiger charge is 2.01. The highest BCUT2D eigenvalue weighted by molar-refractivity contribution is 5.36. The first-order chi connectivity index (χ1) is 7.58. The Balaban J connectivity index is 2.47. The molecule has 90 valence electrons. The third-order valence-electron chi connectivity index (χ3n) is 1.86. The lowest BCUT2D eigenvalue weighted by Gasteiger charge is -2.12. The minimum atomic E-state index is 0.129. The summed E-state index contributed by atoms with van der Waals surface area (Å²) in [6, 6.07) is 1.82. The van der Waals surface area contributed by atoms with Gasteiger partial charge in [0.15, 0.2) is 0 Å². The van der Waals surface area contributed by atoms with Crippen LogP contribution in [0.4, 0.5) is 5.82 Å². The van der Waals surface area contributed by atoms with E-state index in [-0.39, 0.29) is 6.10 Å². The summed E-state index contributed by atoms with van der Waals surface area (Å²) < 4.78 is 5.48. The molecule has 16 heavy (non-hydrogen) atoms. The summed E-state index contributed by atoms with van der Waals surface area (Å²) in [5.74, 6) is 1.41. The van der Waals surface area contributed by atoms with Gasteiger partial charge in [0.1, 0.15) is 12.1 Å². The molecule has 0 aliphatic heterocycles. The smallest absolute Gasteiger partial charge is 0.218 e. The second-order valence-electron chi connectivity index (χ2n) is 4.14. The van der Waals surface area contributed by atoms with Crippen molar-refractivity contribution in [2.75, 3.05) is 32.5 Å². The van der Waals surface area contributed by atoms with E-state index in [0.29, 0.717) is 5.88 Å². The van der Waals surface area contributed by atoms with Crippen molar-refractivity contribution >= 4 is 5.82 Å². The van der Waals surface area contributed by atoms with Gasteiger partial charge in [-0.2, -0.15) is 0 Å². The third kappa shape index (κ3) is 4.93. The number of ether oxygens (including phenoxy) is 1. The first-order valence-electron chi connectivity index (χ1n) is 5.45. The Hall–Kier alpha value is -1.36. The van der Waals surface area contributed by atoms with Crippen molar-refractivity contribution in [2.24, 2.45) is 0 Å². The Labute approximate surface area is 96.8 Å². The summed E-state index contributed by atoms with van der Waals surface area (Å²) in [6.07, 6.45) is 1.64. The standard InChI is InChI=1S/C11H20N4O/c1-9(2)16-11-7-10(13-8-14-11)12-5-6-15(3)4/h7-9H,5-6H2,1-4H3,(H,12,13,14). The fourth-order valence-electron chi connectivity index (χ4n) is 1.15. The van der Waals surface area contributed by atoms with Gasteiger partial charge < -0.3 is 15.0 Å². The van der Waals surface area contributed by atoms with Gasteiger partial charge in [-0.3, -0.25) is 0 Å². The Morgan fingerprint density at radius 1 is 1.38 bits per heavy atom. The summed E-state index contributed by atoms with van der Waals surface area (Å²) in [7, 11) is 4.07. The second-order valence-corrected chi connectivity index (χ2v) is 4.14. The lowest BCUT2D eigenvalue weighted by Crippen LogP contribution is -2.21. The van der Waals surface area contributed by atoms with Crippen LogP contribution in [0.15, 0.2) is 12.4 Å². The zero-order chi connectivity index (χ0) is 12.0. The summed E-state index contributed by atoms with van der Waals surface area (Å²) in [4.78, 5) is 10.3. The maximum atomic E-state index is 5.48. The molecule has 0 aliphatic carbocycles. The van der Waals surface area contributed by atoms with Crippen LogP contribution in [0.3, 0.4) is 0 Å². The molecule has 5 nitrogen and oxygen atoms in total. The van der Waals surface area contributed by atoms with Crippen LogP contribution in [0.1, 0.15) is 13.8 Å². The molecule has 0 saturated heterocycles. The van der Waals surface area contributed by atoms with Crippen LogP contribution < -0.4 is 10.1 Å². The average Bonchev–Trinajstić information content (AvgIpc) is 2.16. The van der Waals surface area contributed by atoms with Gasteiger partial charge in [-0.15, -0.1) is 0 Å². The normalized spacial score (nSPS) is 10.9. The minimum Gasteiger partial charge on any atom is -0.475 e. The van der Waals surface area contributed by atoms with E-state index < -0.39 is 0 Å². The quantitative estimate of drug-likeness (QED) is 0.787. The van der Waals surface area contributed by atoms with Crippen LogP contribution in [-0.4, -0.2) is 48.2 Å². The summed E-state index contributed by atoms with van der Waals surface area (Å²) in [6.45, 7) is 5.76. The van der Waals surface area contributed by atoms with E-state index in [1.165, 1.54) is 6.33 Å². The molecule has 0 saturated carbocycles. The first kappa shape index (κ1) is 12.7. The molecule has 0 aromatic carbocycles. The van der Waals surface area contributed by atoms with Crippen molar-refractivity contribution in [1.29, 1.82) is 0 Å². The van der Waals surface area contributed by atoms with Gasteiger partial charge in [0.25, 0.3) is 0 Å². The molecule has 1 N–H and O–H groups in total. The first-order valence-corrected chi connectivity index (χ1v) is 5.45. The Morgan fingerprint density at radius 2 is 2.12 bits per heavy atom. The van der Waals surface area contributed by atoms with Crippen LogP contribution >= 0.6 is 0 Å². The van der Waals surface area contributed by atoms with Crippen molar-refractivity contribution in [3.05, 3.63) is 12.4 Å². The molecule has 0 radical (unpaired) electrons. The van der Waals surface area contributed by atoms with Gasteiger partial charge in [0, 0.05) is 19.2 Å². The zero-order valence-electron chi connectivity index (χ0n) is 10.4. The topological polar surface area (TPSA) is 50.3 Å². The molecular weight excluding hydrogens is 204 g/mol. The van der Waals surface area contributed by atoms with E-state index in [4.69, 9.17) is 4.74 Å². The Kier molecular flexibility index (Phi) is 4.98. The molecule has 1 heterocycles. The predicted molar refractivity (Wildman–Crippen MR) is 64.8 cm³/mol. The molecule has 0 bridgehead atoms. The number of aromatic nitrogens is 2. The summed E-state index contributed by atoms with van der Waals surface area (Å²) in [5.41, 5.74) is 0. The number of hydrogen-bond acceptors (Lipinski definition) is 5. The Bertz CT molecular complexity index is 315.